The molecule has 0 aliphatic carbocycles. The van der Waals surface area contributed by atoms with Crippen molar-refractivity contribution in [2.75, 3.05) is 18.7 Å². The Bertz CT molecular complexity index is 818. The molecule has 0 unspecified atom stereocenters. The maximum Gasteiger partial charge on any atom is 0.258 e. The lowest BCUT2D eigenvalue weighted by atomic mass is 10.2. The van der Waals surface area contributed by atoms with Gasteiger partial charge in [-0.25, -0.2) is 12.8 Å². The molecular formula is C15H14FNO4S. The minimum absolute atomic E-state index is 0.0303. The highest BCUT2D eigenvalue weighted by Gasteiger charge is 2.17. The molecule has 0 aliphatic rings. The number of rotatable bonds is 4. The monoisotopic (exact) mass is 323 g/mol. The number of para-hydroxylation sites is 1. The third-order valence-electron chi connectivity index (χ3n) is 2.96. The van der Waals surface area contributed by atoms with E-state index in [9.17, 15) is 17.6 Å². The number of halogens is 1. The van der Waals surface area contributed by atoms with E-state index >= 15 is 0 Å². The van der Waals surface area contributed by atoms with E-state index in [4.69, 9.17) is 4.74 Å². The largest absolute Gasteiger partial charge is 0.497 e. The molecule has 0 radical (unpaired) electrons. The van der Waals surface area contributed by atoms with Crippen LogP contribution in [-0.2, 0) is 9.84 Å². The minimum atomic E-state index is -3.51. The predicted octanol–water partition coefficient (Wildman–Crippen LogP) is 2.49. The summed E-state index contributed by atoms with van der Waals surface area (Å²) in [7, 11) is -2.12. The van der Waals surface area contributed by atoms with Crippen LogP contribution in [0.2, 0.25) is 0 Å². The Labute approximate surface area is 127 Å². The summed E-state index contributed by atoms with van der Waals surface area (Å²) in [5.41, 5.74) is -0.102. The second-order valence-electron chi connectivity index (χ2n) is 4.57. The predicted molar refractivity (Wildman–Crippen MR) is 80.5 cm³/mol. The Kier molecular flexibility index (Phi) is 4.46. The first kappa shape index (κ1) is 16.0. The van der Waals surface area contributed by atoms with Gasteiger partial charge in [-0.1, -0.05) is 12.1 Å². The number of hydrogen-bond donors (Lipinski definition) is 1. The van der Waals surface area contributed by atoms with E-state index in [-0.39, 0.29) is 21.9 Å². The molecule has 0 aliphatic heterocycles. The van der Waals surface area contributed by atoms with Crippen molar-refractivity contribution < 1.29 is 22.3 Å². The molecule has 0 aromatic heterocycles. The van der Waals surface area contributed by atoms with Crippen molar-refractivity contribution in [1.82, 2.24) is 0 Å². The number of anilines is 1. The van der Waals surface area contributed by atoms with E-state index in [0.29, 0.717) is 0 Å². The first-order valence-electron chi connectivity index (χ1n) is 6.27. The highest BCUT2D eigenvalue weighted by atomic mass is 32.2. The first-order chi connectivity index (χ1) is 10.3. The molecule has 116 valence electrons. The summed E-state index contributed by atoms with van der Waals surface area (Å²) < 4.78 is 42.1. The van der Waals surface area contributed by atoms with Crippen LogP contribution in [0.15, 0.2) is 47.4 Å². The summed E-state index contributed by atoms with van der Waals surface area (Å²) in [5, 5.41) is 2.41. The first-order valence-corrected chi connectivity index (χ1v) is 8.16. The van der Waals surface area contributed by atoms with Gasteiger partial charge in [0.25, 0.3) is 5.91 Å². The fraction of sp³-hybridized carbons (Fsp3) is 0.133. The van der Waals surface area contributed by atoms with Gasteiger partial charge in [-0.15, -0.1) is 0 Å². The van der Waals surface area contributed by atoms with Gasteiger partial charge >= 0.3 is 0 Å². The van der Waals surface area contributed by atoms with Crippen molar-refractivity contribution in [2.24, 2.45) is 0 Å². The highest BCUT2D eigenvalue weighted by molar-refractivity contribution is 7.90. The third-order valence-corrected chi connectivity index (χ3v) is 4.11. The van der Waals surface area contributed by atoms with Crippen molar-refractivity contribution in [3.05, 3.63) is 53.8 Å². The molecule has 0 spiro atoms. The minimum Gasteiger partial charge on any atom is -0.497 e. The van der Waals surface area contributed by atoms with Gasteiger partial charge in [0.15, 0.2) is 9.84 Å². The fourth-order valence-corrected chi connectivity index (χ4v) is 2.73. The van der Waals surface area contributed by atoms with Crippen LogP contribution < -0.4 is 10.1 Å². The number of nitrogens with one attached hydrogen (secondary N) is 1. The zero-order valence-corrected chi connectivity index (χ0v) is 12.8. The van der Waals surface area contributed by atoms with Crippen LogP contribution >= 0.6 is 0 Å². The summed E-state index contributed by atoms with van der Waals surface area (Å²) in [4.78, 5) is 12.1. The number of methoxy groups -OCH3 is 1. The summed E-state index contributed by atoms with van der Waals surface area (Å²) >= 11 is 0. The second-order valence-corrected chi connectivity index (χ2v) is 6.55. The summed E-state index contributed by atoms with van der Waals surface area (Å²) in [6.45, 7) is 0. The molecule has 2 aromatic rings. The maximum absolute atomic E-state index is 13.9. The van der Waals surface area contributed by atoms with E-state index in [1.165, 1.54) is 31.4 Å². The van der Waals surface area contributed by atoms with Gasteiger partial charge in [0.2, 0.25) is 0 Å². The molecule has 2 aromatic carbocycles. The Morgan fingerprint density at radius 1 is 1.18 bits per heavy atom. The number of carbonyl (C=O) groups is 1. The normalized spacial score (nSPS) is 11.0. The average Bonchev–Trinajstić information content (AvgIpc) is 2.46. The van der Waals surface area contributed by atoms with E-state index in [2.05, 4.69) is 5.32 Å². The van der Waals surface area contributed by atoms with Crippen molar-refractivity contribution >= 4 is 21.4 Å². The zero-order chi connectivity index (χ0) is 16.3. The fourth-order valence-electron chi connectivity index (χ4n) is 1.89. The topological polar surface area (TPSA) is 72.5 Å². The van der Waals surface area contributed by atoms with Gasteiger partial charge in [-0.05, 0) is 24.3 Å². The lowest BCUT2D eigenvalue weighted by Gasteiger charge is -2.10. The number of carbonyl (C=O) groups excluding carboxylic acids is 1. The Hall–Kier alpha value is -2.41. The highest BCUT2D eigenvalue weighted by Crippen LogP contribution is 2.22. The number of benzene rings is 2. The summed E-state index contributed by atoms with van der Waals surface area (Å²) in [6, 6.07) is 9.73. The molecule has 0 fully saturated rings. The molecular weight excluding hydrogens is 309 g/mol. The third kappa shape index (κ3) is 3.43. The van der Waals surface area contributed by atoms with Crippen LogP contribution in [0, 0.1) is 5.82 Å². The van der Waals surface area contributed by atoms with Crippen LogP contribution in [-0.4, -0.2) is 27.7 Å². The lowest BCUT2D eigenvalue weighted by molar-refractivity contribution is 0.102. The molecule has 0 saturated carbocycles. The molecule has 22 heavy (non-hydrogen) atoms. The Balaban J connectivity index is 2.34. The standard InChI is InChI=1S/C15H14FNO4S/c1-21-10-7-8-11(12(16)9-10)15(18)17-13-5-3-4-6-14(13)22(2,19)20/h3-9H,1-2H3,(H,17,18). The Morgan fingerprint density at radius 3 is 2.45 bits per heavy atom. The average molecular weight is 323 g/mol. The lowest BCUT2D eigenvalue weighted by Crippen LogP contribution is -2.16. The molecule has 1 N–H and O–H groups in total. The quantitative estimate of drug-likeness (QED) is 0.938. The Morgan fingerprint density at radius 2 is 1.86 bits per heavy atom. The van der Waals surface area contributed by atoms with Crippen LogP contribution in [0.3, 0.4) is 0 Å². The number of amides is 1. The van der Waals surface area contributed by atoms with Gasteiger partial charge < -0.3 is 10.1 Å². The van der Waals surface area contributed by atoms with Crippen molar-refractivity contribution in [1.29, 1.82) is 0 Å². The van der Waals surface area contributed by atoms with Gasteiger partial charge in [-0.3, -0.25) is 4.79 Å². The van der Waals surface area contributed by atoms with Gasteiger partial charge in [0.1, 0.15) is 11.6 Å². The molecule has 0 heterocycles. The smallest absolute Gasteiger partial charge is 0.258 e. The van der Waals surface area contributed by atoms with Gasteiger partial charge in [0, 0.05) is 12.3 Å². The molecule has 1 amide bonds. The van der Waals surface area contributed by atoms with E-state index in [1.807, 2.05) is 0 Å². The number of ether oxygens (including phenoxy) is 1. The van der Waals surface area contributed by atoms with E-state index in [1.54, 1.807) is 12.1 Å². The summed E-state index contributed by atoms with van der Waals surface area (Å²) in [6.07, 6.45) is 1.03. The van der Waals surface area contributed by atoms with Crippen LogP contribution in [0.1, 0.15) is 10.4 Å². The molecule has 0 bridgehead atoms. The van der Waals surface area contributed by atoms with Gasteiger partial charge in [0.05, 0.1) is 23.3 Å². The van der Waals surface area contributed by atoms with E-state index < -0.39 is 21.6 Å². The van der Waals surface area contributed by atoms with Crippen molar-refractivity contribution in [2.45, 2.75) is 4.90 Å². The molecule has 2 rings (SSSR count). The van der Waals surface area contributed by atoms with Crippen LogP contribution in [0.5, 0.6) is 5.75 Å². The molecule has 0 atom stereocenters. The number of hydrogen-bond acceptors (Lipinski definition) is 4. The molecule has 5 nitrogen and oxygen atoms in total. The van der Waals surface area contributed by atoms with Crippen molar-refractivity contribution in [3.63, 3.8) is 0 Å². The molecule has 0 saturated heterocycles. The van der Waals surface area contributed by atoms with Gasteiger partial charge in [-0.2, -0.15) is 0 Å². The van der Waals surface area contributed by atoms with Crippen LogP contribution in [0.25, 0.3) is 0 Å². The number of sulfone groups is 1. The summed E-state index contributed by atoms with van der Waals surface area (Å²) in [5.74, 6) is -1.21. The SMILES string of the molecule is COc1ccc(C(=O)Nc2ccccc2S(C)(=O)=O)c(F)c1. The van der Waals surface area contributed by atoms with E-state index in [0.717, 1.165) is 12.3 Å². The second kappa shape index (κ2) is 6.15. The molecule has 7 heteroatoms. The maximum atomic E-state index is 13.9. The van der Waals surface area contributed by atoms with Crippen molar-refractivity contribution in [3.8, 4) is 5.75 Å². The zero-order valence-electron chi connectivity index (χ0n) is 12.0. The van der Waals surface area contributed by atoms with Crippen LogP contribution in [0.4, 0.5) is 10.1 Å².